The van der Waals surface area contributed by atoms with Gasteiger partial charge in [0.25, 0.3) is 5.91 Å². The van der Waals surface area contributed by atoms with E-state index in [0.717, 1.165) is 57.6 Å². The van der Waals surface area contributed by atoms with Crippen LogP contribution < -0.4 is 0 Å². The van der Waals surface area contributed by atoms with Gasteiger partial charge in [-0.2, -0.15) is 0 Å². The van der Waals surface area contributed by atoms with Gasteiger partial charge in [0, 0.05) is 45.0 Å². The third-order valence-corrected chi connectivity index (χ3v) is 5.93. The van der Waals surface area contributed by atoms with E-state index in [1.165, 1.54) is 11.4 Å². The van der Waals surface area contributed by atoms with Crippen molar-refractivity contribution in [3.8, 4) is 0 Å². The van der Waals surface area contributed by atoms with Gasteiger partial charge >= 0.3 is 0 Å². The highest BCUT2D eigenvalue weighted by Crippen LogP contribution is 2.42. The number of aromatic amines is 1. The molecule has 1 spiro atoms. The van der Waals surface area contributed by atoms with Gasteiger partial charge in [-0.1, -0.05) is 6.92 Å². The van der Waals surface area contributed by atoms with Crippen LogP contribution in [0.1, 0.15) is 48.1 Å². The predicted molar refractivity (Wildman–Crippen MR) is 96.4 cm³/mol. The monoisotopic (exact) mass is 341 g/mol. The summed E-state index contributed by atoms with van der Waals surface area (Å²) in [5, 5.41) is 0. The molecule has 0 atom stereocenters. The van der Waals surface area contributed by atoms with Crippen molar-refractivity contribution >= 4 is 5.91 Å². The fourth-order valence-corrected chi connectivity index (χ4v) is 4.60. The lowest BCUT2D eigenvalue weighted by Gasteiger charge is -2.50. The summed E-state index contributed by atoms with van der Waals surface area (Å²) in [6.07, 6.45) is 7.88. The molecule has 2 aromatic heterocycles. The van der Waals surface area contributed by atoms with E-state index in [0.29, 0.717) is 0 Å². The highest BCUT2D eigenvalue weighted by molar-refractivity contribution is 5.92. The molecule has 1 saturated heterocycles. The number of hydrogen-bond donors (Lipinski definition) is 1. The average Bonchev–Trinajstić information content (AvgIpc) is 3.27. The first-order valence-electron chi connectivity index (χ1n) is 9.34. The van der Waals surface area contributed by atoms with Gasteiger partial charge in [-0.05, 0) is 37.9 Å². The SMILES string of the molecule is CCCN1CCc2[nH]cnc2C12CCN(C(=O)c1cccn1C)CC2. The number of rotatable bonds is 3. The molecule has 1 amide bonds. The first-order valence-corrected chi connectivity index (χ1v) is 9.34. The van der Waals surface area contributed by atoms with Gasteiger partial charge < -0.3 is 14.5 Å². The number of aromatic nitrogens is 3. The molecule has 0 radical (unpaired) electrons. The van der Waals surface area contributed by atoms with Crippen molar-refractivity contribution in [1.82, 2.24) is 24.3 Å². The zero-order valence-electron chi connectivity index (χ0n) is 15.2. The lowest BCUT2D eigenvalue weighted by molar-refractivity contribution is 0.00679. The number of carbonyl (C=O) groups is 1. The van der Waals surface area contributed by atoms with Crippen molar-refractivity contribution < 1.29 is 4.79 Å². The van der Waals surface area contributed by atoms with Crippen molar-refractivity contribution in [2.24, 2.45) is 7.05 Å². The van der Waals surface area contributed by atoms with Crippen molar-refractivity contribution in [2.45, 2.75) is 38.1 Å². The fraction of sp³-hybridized carbons (Fsp3) is 0.579. The summed E-state index contributed by atoms with van der Waals surface area (Å²) in [5.41, 5.74) is 3.27. The second-order valence-electron chi connectivity index (χ2n) is 7.29. The molecule has 0 aromatic carbocycles. The summed E-state index contributed by atoms with van der Waals surface area (Å²) >= 11 is 0. The third kappa shape index (κ3) is 2.59. The first-order chi connectivity index (χ1) is 12.2. The van der Waals surface area contributed by atoms with Crippen LogP contribution in [0.5, 0.6) is 0 Å². The summed E-state index contributed by atoms with van der Waals surface area (Å²) in [4.78, 5) is 25.5. The normalized spacial score (nSPS) is 20.0. The number of carbonyl (C=O) groups excluding carboxylic acids is 1. The number of H-pyrrole nitrogens is 1. The van der Waals surface area contributed by atoms with E-state index in [1.54, 1.807) is 0 Å². The molecule has 1 fully saturated rings. The number of piperidine rings is 1. The molecule has 4 rings (SSSR count). The molecule has 2 aromatic rings. The van der Waals surface area contributed by atoms with Gasteiger partial charge in [0.15, 0.2) is 0 Å². The number of likely N-dealkylation sites (tertiary alicyclic amines) is 1. The van der Waals surface area contributed by atoms with Gasteiger partial charge in [-0.15, -0.1) is 0 Å². The molecule has 134 valence electrons. The van der Waals surface area contributed by atoms with Crippen LogP contribution in [0.2, 0.25) is 0 Å². The van der Waals surface area contributed by atoms with Crippen LogP contribution in [0.15, 0.2) is 24.7 Å². The molecule has 0 aliphatic carbocycles. The van der Waals surface area contributed by atoms with Crippen LogP contribution >= 0.6 is 0 Å². The van der Waals surface area contributed by atoms with Crippen LogP contribution in [0, 0.1) is 0 Å². The summed E-state index contributed by atoms with van der Waals surface area (Å²) in [6, 6.07) is 3.83. The van der Waals surface area contributed by atoms with Crippen LogP contribution in [-0.4, -0.2) is 56.4 Å². The number of hydrogen-bond acceptors (Lipinski definition) is 3. The molecule has 0 unspecified atom stereocenters. The first kappa shape index (κ1) is 16.4. The van der Waals surface area contributed by atoms with E-state index in [1.807, 2.05) is 41.2 Å². The number of amides is 1. The quantitative estimate of drug-likeness (QED) is 0.931. The molecule has 1 N–H and O–H groups in total. The van der Waals surface area contributed by atoms with Crippen molar-refractivity contribution in [3.63, 3.8) is 0 Å². The lowest BCUT2D eigenvalue weighted by Crippen LogP contribution is -2.57. The molecule has 6 heteroatoms. The molecule has 2 aliphatic rings. The van der Waals surface area contributed by atoms with Crippen LogP contribution in [0.4, 0.5) is 0 Å². The Kier molecular flexibility index (Phi) is 4.15. The van der Waals surface area contributed by atoms with Crippen molar-refractivity contribution in [2.75, 3.05) is 26.2 Å². The van der Waals surface area contributed by atoms with Gasteiger partial charge in [-0.3, -0.25) is 9.69 Å². The molecule has 4 heterocycles. The largest absolute Gasteiger partial charge is 0.348 e. The Hall–Kier alpha value is -2.08. The number of aryl methyl sites for hydroxylation is 1. The van der Waals surface area contributed by atoms with Crippen LogP contribution in [-0.2, 0) is 19.0 Å². The van der Waals surface area contributed by atoms with Crippen LogP contribution in [0.25, 0.3) is 0 Å². The summed E-state index contributed by atoms with van der Waals surface area (Å²) in [7, 11) is 1.93. The maximum absolute atomic E-state index is 12.8. The minimum Gasteiger partial charge on any atom is -0.348 e. The molecule has 6 nitrogen and oxygen atoms in total. The number of nitrogens with one attached hydrogen (secondary N) is 1. The fourth-order valence-electron chi connectivity index (χ4n) is 4.60. The number of imidazole rings is 1. The Morgan fingerprint density at radius 3 is 2.80 bits per heavy atom. The van der Waals surface area contributed by atoms with E-state index in [4.69, 9.17) is 4.98 Å². The van der Waals surface area contributed by atoms with Gasteiger partial charge in [0.05, 0.1) is 17.6 Å². The minimum absolute atomic E-state index is 0.00537. The summed E-state index contributed by atoms with van der Waals surface area (Å²) < 4.78 is 1.91. The van der Waals surface area contributed by atoms with E-state index in [2.05, 4.69) is 16.8 Å². The van der Waals surface area contributed by atoms with Crippen LogP contribution in [0.3, 0.4) is 0 Å². The van der Waals surface area contributed by atoms with Gasteiger partial charge in [-0.25, -0.2) is 4.98 Å². The van der Waals surface area contributed by atoms with E-state index < -0.39 is 0 Å². The van der Waals surface area contributed by atoms with Gasteiger partial charge in [0.2, 0.25) is 0 Å². The Balaban J connectivity index is 1.57. The standard InChI is InChI=1S/C19H27N5O/c1-3-9-24-11-6-15-17(21-14-20-15)19(24)7-12-23(13-8-19)18(25)16-5-4-10-22(16)2/h4-5,10,14H,3,6-9,11-13H2,1-2H3,(H,20,21). The van der Waals surface area contributed by atoms with E-state index in [9.17, 15) is 4.79 Å². The highest BCUT2D eigenvalue weighted by atomic mass is 16.2. The Morgan fingerprint density at radius 1 is 1.32 bits per heavy atom. The Labute approximate surface area is 148 Å². The topological polar surface area (TPSA) is 57.2 Å². The summed E-state index contributed by atoms with van der Waals surface area (Å²) in [6.45, 7) is 5.99. The Bertz CT molecular complexity index is 753. The molecular formula is C19H27N5O. The van der Waals surface area contributed by atoms with Crippen molar-refractivity contribution in [1.29, 1.82) is 0 Å². The third-order valence-electron chi connectivity index (χ3n) is 5.93. The predicted octanol–water partition coefficient (Wildman–Crippen LogP) is 2.15. The second kappa shape index (κ2) is 6.33. The van der Waals surface area contributed by atoms with Crippen molar-refractivity contribution in [3.05, 3.63) is 41.7 Å². The molecule has 0 saturated carbocycles. The second-order valence-corrected chi connectivity index (χ2v) is 7.29. The zero-order chi connectivity index (χ0) is 17.4. The molecule has 2 aliphatic heterocycles. The van der Waals surface area contributed by atoms with E-state index >= 15 is 0 Å². The van der Waals surface area contributed by atoms with E-state index in [-0.39, 0.29) is 11.4 Å². The molecule has 0 bridgehead atoms. The molecular weight excluding hydrogens is 314 g/mol. The zero-order valence-corrected chi connectivity index (χ0v) is 15.2. The Morgan fingerprint density at radius 2 is 2.12 bits per heavy atom. The molecule has 25 heavy (non-hydrogen) atoms. The lowest BCUT2D eigenvalue weighted by atomic mass is 9.78. The highest BCUT2D eigenvalue weighted by Gasteiger charge is 2.46. The smallest absolute Gasteiger partial charge is 0.270 e. The summed E-state index contributed by atoms with van der Waals surface area (Å²) in [5.74, 6) is 0.141. The minimum atomic E-state index is -0.00537. The number of fused-ring (bicyclic) bond motifs is 2. The maximum Gasteiger partial charge on any atom is 0.270 e. The van der Waals surface area contributed by atoms with Gasteiger partial charge in [0.1, 0.15) is 5.69 Å². The number of nitrogens with zero attached hydrogens (tertiary/aromatic N) is 4. The average molecular weight is 341 g/mol. The maximum atomic E-state index is 12.8.